The number of alkyl halides is 1. The predicted molar refractivity (Wildman–Crippen MR) is 113 cm³/mol. The second-order valence-corrected chi connectivity index (χ2v) is 6.75. The minimum Gasteiger partial charge on any atom is -0.248 e. The molecule has 0 aliphatic heterocycles. The molecule has 0 amide bonds. The number of nitrogens with zero attached hydrogens (tertiary/aromatic N) is 1. The van der Waals surface area contributed by atoms with E-state index in [1.807, 2.05) is 12.1 Å². The van der Waals surface area contributed by atoms with Crippen LogP contribution >= 0.6 is 15.9 Å². The van der Waals surface area contributed by atoms with Crippen molar-refractivity contribution in [1.82, 2.24) is 4.98 Å². The zero-order valence-corrected chi connectivity index (χ0v) is 15.9. The molecule has 126 valence electrons. The number of benzene rings is 3. The lowest BCUT2D eigenvalue weighted by Crippen LogP contribution is -1.91. The van der Waals surface area contributed by atoms with Gasteiger partial charge in [-0.2, -0.15) is 0 Å². The zero-order valence-electron chi connectivity index (χ0n) is 14.3. The van der Waals surface area contributed by atoms with Crippen molar-refractivity contribution in [2.24, 2.45) is 0 Å². The van der Waals surface area contributed by atoms with E-state index in [9.17, 15) is 0 Å². The highest BCUT2D eigenvalue weighted by Gasteiger charge is 2.08. The van der Waals surface area contributed by atoms with Crippen LogP contribution in [0.5, 0.6) is 0 Å². The zero-order chi connectivity index (χ0) is 17.8. The van der Waals surface area contributed by atoms with Crippen LogP contribution < -0.4 is 0 Å². The van der Waals surface area contributed by atoms with Crippen LogP contribution in [-0.4, -0.2) is 4.98 Å². The molecule has 0 saturated heterocycles. The Morgan fingerprint density at radius 3 is 1.50 bits per heavy atom. The Labute approximate surface area is 162 Å². The summed E-state index contributed by atoms with van der Waals surface area (Å²) in [5.74, 6) is 0. The SMILES string of the molecule is BrCc1ccc(-c2cc(-c3ccccc3)nc(-c3ccccc3)c2)cc1. The van der Waals surface area contributed by atoms with Crippen LogP contribution in [-0.2, 0) is 5.33 Å². The first-order valence-electron chi connectivity index (χ1n) is 8.62. The lowest BCUT2D eigenvalue weighted by molar-refractivity contribution is 1.32. The highest BCUT2D eigenvalue weighted by atomic mass is 79.9. The first-order chi connectivity index (χ1) is 12.8. The van der Waals surface area contributed by atoms with Crippen LogP contribution in [0.1, 0.15) is 5.56 Å². The van der Waals surface area contributed by atoms with Crippen molar-refractivity contribution >= 4 is 15.9 Å². The van der Waals surface area contributed by atoms with Crippen LogP contribution in [0.15, 0.2) is 97.1 Å². The number of aromatic nitrogens is 1. The van der Waals surface area contributed by atoms with E-state index in [2.05, 4.69) is 101 Å². The number of pyridine rings is 1. The molecular weight excluding hydrogens is 382 g/mol. The third kappa shape index (κ3) is 3.61. The Bertz CT molecular complexity index is 936. The van der Waals surface area contributed by atoms with E-state index in [-0.39, 0.29) is 0 Å². The number of halogens is 1. The number of rotatable bonds is 4. The van der Waals surface area contributed by atoms with Gasteiger partial charge >= 0.3 is 0 Å². The molecular formula is C24H18BrN. The first-order valence-corrected chi connectivity index (χ1v) is 9.74. The molecule has 0 aliphatic rings. The van der Waals surface area contributed by atoms with Gasteiger partial charge < -0.3 is 0 Å². The fraction of sp³-hybridized carbons (Fsp3) is 0.0417. The van der Waals surface area contributed by atoms with Gasteiger partial charge in [0.05, 0.1) is 11.4 Å². The van der Waals surface area contributed by atoms with Gasteiger partial charge in [0.1, 0.15) is 0 Å². The average molecular weight is 400 g/mol. The summed E-state index contributed by atoms with van der Waals surface area (Å²) in [6.45, 7) is 0. The van der Waals surface area contributed by atoms with Crippen molar-refractivity contribution in [2.45, 2.75) is 5.33 Å². The van der Waals surface area contributed by atoms with Gasteiger partial charge in [-0.15, -0.1) is 0 Å². The summed E-state index contributed by atoms with van der Waals surface area (Å²) in [5, 5.41) is 0.869. The topological polar surface area (TPSA) is 12.9 Å². The maximum absolute atomic E-state index is 4.93. The minimum atomic E-state index is 0.869. The van der Waals surface area contributed by atoms with E-state index in [1.165, 1.54) is 16.7 Å². The number of hydrogen-bond acceptors (Lipinski definition) is 1. The standard InChI is InChI=1S/C24H18BrN/c25-17-18-11-13-19(14-12-18)22-15-23(20-7-3-1-4-8-20)26-24(16-22)21-9-5-2-6-10-21/h1-16H,17H2. The van der Waals surface area contributed by atoms with Gasteiger partial charge in [-0.25, -0.2) is 4.98 Å². The Hall–Kier alpha value is -2.71. The van der Waals surface area contributed by atoms with Crippen LogP contribution in [0, 0.1) is 0 Å². The molecule has 0 aliphatic carbocycles. The van der Waals surface area contributed by atoms with E-state index in [4.69, 9.17) is 4.98 Å². The van der Waals surface area contributed by atoms with E-state index >= 15 is 0 Å². The molecule has 2 heteroatoms. The Morgan fingerprint density at radius 1 is 0.538 bits per heavy atom. The fourth-order valence-electron chi connectivity index (χ4n) is 3.00. The molecule has 1 nitrogen and oxygen atoms in total. The molecule has 1 heterocycles. The smallest absolute Gasteiger partial charge is 0.0715 e. The summed E-state index contributed by atoms with van der Waals surface area (Å²) in [4.78, 5) is 4.93. The maximum atomic E-state index is 4.93. The van der Waals surface area contributed by atoms with Crippen LogP contribution in [0.2, 0.25) is 0 Å². The van der Waals surface area contributed by atoms with Crippen molar-refractivity contribution < 1.29 is 0 Å². The second kappa shape index (κ2) is 7.67. The highest BCUT2D eigenvalue weighted by Crippen LogP contribution is 2.30. The van der Waals surface area contributed by atoms with E-state index in [0.29, 0.717) is 0 Å². The molecule has 0 bridgehead atoms. The van der Waals surface area contributed by atoms with Gasteiger partial charge in [0.2, 0.25) is 0 Å². The molecule has 0 fully saturated rings. The van der Waals surface area contributed by atoms with Crippen molar-refractivity contribution in [2.75, 3.05) is 0 Å². The molecule has 0 radical (unpaired) electrons. The summed E-state index contributed by atoms with van der Waals surface area (Å²) < 4.78 is 0. The molecule has 4 rings (SSSR count). The van der Waals surface area contributed by atoms with E-state index in [0.717, 1.165) is 27.8 Å². The highest BCUT2D eigenvalue weighted by molar-refractivity contribution is 9.08. The normalized spacial score (nSPS) is 10.7. The fourth-order valence-corrected chi connectivity index (χ4v) is 3.37. The molecule has 4 aromatic rings. The van der Waals surface area contributed by atoms with Crippen molar-refractivity contribution in [3.63, 3.8) is 0 Å². The molecule has 0 unspecified atom stereocenters. The van der Waals surface area contributed by atoms with Gasteiger partial charge in [0.25, 0.3) is 0 Å². The van der Waals surface area contributed by atoms with E-state index < -0.39 is 0 Å². The first kappa shape index (κ1) is 16.7. The molecule has 0 spiro atoms. The van der Waals surface area contributed by atoms with Gasteiger partial charge in [-0.1, -0.05) is 101 Å². The maximum Gasteiger partial charge on any atom is 0.0715 e. The van der Waals surface area contributed by atoms with Crippen LogP contribution in [0.4, 0.5) is 0 Å². The second-order valence-electron chi connectivity index (χ2n) is 6.19. The van der Waals surface area contributed by atoms with Gasteiger partial charge in [-0.05, 0) is 28.8 Å². The third-order valence-corrected chi connectivity index (χ3v) is 5.05. The monoisotopic (exact) mass is 399 g/mol. The average Bonchev–Trinajstić information content (AvgIpc) is 2.75. The predicted octanol–water partition coefficient (Wildman–Crippen LogP) is 6.98. The molecule has 0 N–H and O–H groups in total. The summed E-state index contributed by atoms with van der Waals surface area (Å²) in [6.07, 6.45) is 0. The van der Waals surface area contributed by atoms with Crippen molar-refractivity contribution in [3.05, 3.63) is 103 Å². The van der Waals surface area contributed by atoms with E-state index in [1.54, 1.807) is 0 Å². The van der Waals surface area contributed by atoms with Gasteiger partial charge in [0.15, 0.2) is 0 Å². The molecule has 0 atom stereocenters. The summed E-state index contributed by atoms with van der Waals surface area (Å²) >= 11 is 3.51. The summed E-state index contributed by atoms with van der Waals surface area (Å²) in [5.41, 5.74) is 7.89. The Balaban J connectivity index is 1.87. The van der Waals surface area contributed by atoms with Crippen LogP contribution in [0.3, 0.4) is 0 Å². The quantitative estimate of drug-likeness (QED) is 0.337. The lowest BCUT2D eigenvalue weighted by Gasteiger charge is -2.10. The third-order valence-electron chi connectivity index (χ3n) is 4.41. The summed E-state index contributed by atoms with van der Waals surface area (Å²) in [6, 6.07) is 33.7. The van der Waals surface area contributed by atoms with Gasteiger partial charge in [0, 0.05) is 16.5 Å². The summed E-state index contributed by atoms with van der Waals surface area (Å²) in [7, 11) is 0. The lowest BCUT2D eigenvalue weighted by atomic mass is 9.99. The van der Waals surface area contributed by atoms with Gasteiger partial charge in [-0.3, -0.25) is 0 Å². The Kier molecular flexibility index (Phi) is 4.94. The van der Waals surface area contributed by atoms with Crippen molar-refractivity contribution in [1.29, 1.82) is 0 Å². The molecule has 0 saturated carbocycles. The molecule has 26 heavy (non-hydrogen) atoms. The Morgan fingerprint density at radius 2 is 1.04 bits per heavy atom. The molecule has 3 aromatic carbocycles. The minimum absolute atomic E-state index is 0.869. The largest absolute Gasteiger partial charge is 0.248 e. The van der Waals surface area contributed by atoms with Crippen LogP contribution in [0.25, 0.3) is 33.6 Å². The number of hydrogen-bond donors (Lipinski definition) is 0. The van der Waals surface area contributed by atoms with Crippen molar-refractivity contribution in [3.8, 4) is 33.6 Å². The molecule has 1 aromatic heterocycles.